The summed E-state index contributed by atoms with van der Waals surface area (Å²) in [7, 11) is 0. The molecule has 20 nitrogen and oxygen atoms in total. The van der Waals surface area contributed by atoms with Crippen molar-refractivity contribution in [1.29, 1.82) is 0 Å². The van der Waals surface area contributed by atoms with Gasteiger partial charge in [-0.3, -0.25) is 43.7 Å². The molecule has 368 valence electrons. The highest BCUT2D eigenvalue weighted by molar-refractivity contribution is 6.00. The summed E-state index contributed by atoms with van der Waals surface area (Å²) in [4.78, 5) is 103. The van der Waals surface area contributed by atoms with Gasteiger partial charge in [0.2, 0.25) is 47.3 Å². The number of nitrogens with one attached hydrogen (secondary N) is 8. The Labute approximate surface area is 400 Å². The van der Waals surface area contributed by atoms with E-state index in [1.165, 1.54) is 38.1 Å². The predicted molar refractivity (Wildman–Crippen MR) is 256 cm³/mol. The van der Waals surface area contributed by atoms with Gasteiger partial charge in [-0.05, 0) is 92.6 Å². The van der Waals surface area contributed by atoms with Gasteiger partial charge in [-0.1, -0.05) is 84.9 Å². The van der Waals surface area contributed by atoms with Crippen LogP contribution in [0.5, 0.6) is 11.5 Å². The third kappa shape index (κ3) is 19.6. The van der Waals surface area contributed by atoms with E-state index in [2.05, 4.69) is 42.5 Å². The summed E-state index contributed by atoms with van der Waals surface area (Å²) in [5.41, 5.74) is 15.0. The van der Waals surface area contributed by atoms with Crippen molar-refractivity contribution in [3.05, 3.63) is 131 Å². The van der Waals surface area contributed by atoms with E-state index < -0.39 is 96.6 Å². The largest absolute Gasteiger partial charge is 0.508 e. The van der Waals surface area contributed by atoms with Gasteiger partial charge in [-0.25, -0.2) is 0 Å². The van der Waals surface area contributed by atoms with E-state index in [0.717, 1.165) is 11.1 Å². The summed E-state index contributed by atoms with van der Waals surface area (Å²) in [6.07, 6.45) is 0.990. The van der Waals surface area contributed by atoms with Gasteiger partial charge in [0, 0.05) is 13.0 Å². The van der Waals surface area contributed by atoms with Crippen LogP contribution in [-0.2, 0) is 64.0 Å². The first kappa shape index (κ1) is 53.9. The van der Waals surface area contributed by atoms with Crippen LogP contribution in [0, 0.1) is 0 Å². The number of phenolic OH excluding ortho intramolecular Hbond substituents is 2. The van der Waals surface area contributed by atoms with E-state index in [4.69, 9.17) is 11.5 Å². The number of nitrogens with two attached hydrogens (primary N) is 2. The average molecular weight is 951 g/mol. The highest BCUT2D eigenvalue weighted by atomic mass is 16.3. The van der Waals surface area contributed by atoms with E-state index in [0.29, 0.717) is 17.5 Å². The topological polar surface area (TPSA) is 325 Å². The lowest BCUT2D eigenvalue weighted by atomic mass is 10.0. The Morgan fingerprint density at radius 1 is 0.449 bits per heavy atom. The maximum atomic E-state index is 13.5. The lowest BCUT2D eigenvalue weighted by molar-refractivity contribution is -0.133. The normalized spacial score (nSPS) is 13.4. The van der Waals surface area contributed by atoms with Crippen molar-refractivity contribution < 1.29 is 48.6 Å². The molecule has 0 aliphatic heterocycles. The number of imide groups is 1. The number of hydrogen-bond donors (Lipinski definition) is 12. The molecule has 4 aromatic carbocycles. The van der Waals surface area contributed by atoms with Gasteiger partial charge in [0.05, 0.1) is 31.2 Å². The molecule has 0 aromatic heterocycles. The van der Waals surface area contributed by atoms with Crippen LogP contribution in [-0.4, -0.2) is 120 Å². The monoisotopic (exact) mass is 950 g/mol. The lowest BCUT2D eigenvalue weighted by Gasteiger charge is -2.21. The second-order valence-corrected chi connectivity index (χ2v) is 16.4. The van der Waals surface area contributed by atoms with Crippen LogP contribution < -0.4 is 54.0 Å². The van der Waals surface area contributed by atoms with Gasteiger partial charge >= 0.3 is 0 Å². The highest BCUT2D eigenvalue weighted by Gasteiger charge is 2.26. The summed E-state index contributed by atoms with van der Waals surface area (Å²) in [6.45, 7) is 2.17. The number of benzene rings is 4. The number of amides is 8. The first-order valence-electron chi connectivity index (χ1n) is 22.4. The third-order valence-corrected chi connectivity index (χ3v) is 10.6. The summed E-state index contributed by atoms with van der Waals surface area (Å²) in [5.74, 6) is -4.99. The van der Waals surface area contributed by atoms with Gasteiger partial charge in [0.15, 0.2) is 0 Å². The molecule has 6 atom stereocenters. The summed E-state index contributed by atoms with van der Waals surface area (Å²) in [6, 6.07) is 24.5. The molecule has 0 radical (unpaired) electrons. The fraction of sp³-hybridized carbons (Fsp3) is 0.347. The smallest absolute Gasteiger partial charge is 0.245 e. The molecule has 0 heterocycles. The van der Waals surface area contributed by atoms with Crippen molar-refractivity contribution in [3.63, 3.8) is 0 Å². The quantitative estimate of drug-likeness (QED) is 0.0332. The maximum Gasteiger partial charge on any atom is 0.245 e. The van der Waals surface area contributed by atoms with Crippen LogP contribution in [0.4, 0.5) is 0 Å². The molecular weight excluding hydrogens is 889 g/mol. The molecule has 4 aromatic rings. The Morgan fingerprint density at radius 3 is 1.33 bits per heavy atom. The number of rotatable bonds is 26. The molecule has 0 unspecified atom stereocenters. The third-order valence-electron chi connectivity index (χ3n) is 10.6. The van der Waals surface area contributed by atoms with E-state index >= 15 is 0 Å². The number of aromatic hydroxyl groups is 2. The fourth-order valence-electron chi connectivity index (χ4n) is 6.75. The van der Waals surface area contributed by atoms with Gasteiger partial charge in [-0.15, -0.1) is 0 Å². The number of hydrogen-bond acceptors (Lipinski definition) is 13. The zero-order chi connectivity index (χ0) is 50.3. The second-order valence-electron chi connectivity index (χ2n) is 16.4. The molecule has 0 saturated carbocycles. The van der Waals surface area contributed by atoms with E-state index in [9.17, 15) is 48.6 Å². The van der Waals surface area contributed by atoms with E-state index in [1.54, 1.807) is 60.7 Å². The van der Waals surface area contributed by atoms with Crippen molar-refractivity contribution in [2.45, 2.75) is 82.2 Å². The Balaban J connectivity index is 1.23. The molecule has 20 heteroatoms. The molecule has 0 bridgehead atoms. The fourth-order valence-corrected chi connectivity index (χ4v) is 6.75. The van der Waals surface area contributed by atoms with Gasteiger partial charge in [-0.2, -0.15) is 0 Å². The Hall–Kier alpha value is -7.68. The van der Waals surface area contributed by atoms with Crippen LogP contribution in [0.25, 0.3) is 0 Å². The van der Waals surface area contributed by atoms with Crippen LogP contribution in [0.3, 0.4) is 0 Å². The van der Waals surface area contributed by atoms with Crippen LogP contribution in [0.15, 0.2) is 109 Å². The van der Waals surface area contributed by atoms with Crippen molar-refractivity contribution in [1.82, 2.24) is 42.5 Å². The van der Waals surface area contributed by atoms with E-state index in [1.807, 2.05) is 24.3 Å². The molecule has 0 saturated heterocycles. The molecule has 0 spiro atoms. The van der Waals surface area contributed by atoms with Crippen molar-refractivity contribution in [3.8, 4) is 11.5 Å². The zero-order valence-electron chi connectivity index (χ0n) is 38.5. The first-order valence-corrected chi connectivity index (χ1v) is 22.4. The highest BCUT2D eigenvalue weighted by Crippen LogP contribution is 2.12. The number of carbonyl (C=O) groups is 8. The standard InChI is InChI=1S/C49H62N10O10/c1-30(56-46(66)38(50)24-34-14-18-36(60)19-15-34)44(64)54-28-42(62)58-41(27-33-12-7-4-8-13-33)48(68)53-23-9-22-52-40(26-32-10-5-3-6-11-32)49(69)59-43(63)29-55-45(65)31(2)57-47(67)39(51)25-35-16-20-37(61)21-17-35/h3-8,10-21,30-31,38-41,52,60-61H,9,22-29,50-51H2,1-2H3,(H,53,68)(H,54,64)(H,55,65)(H,56,66)(H,57,67)(H,58,62)(H,59,63,69)/t30-,31-,38+,39+,40+,41+/m1/s1. The average Bonchev–Trinajstić information content (AvgIpc) is 3.33. The number of carbonyl (C=O) groups excluding carboxylic acids is 8. The zero-order valence-corrected chi connectivity index (χ0v) is 38.5. The van der Waals surface area contributed by atoms with Crippen molar-refractivity contribution in [2.24, 2.45) is 11.5 Å². The molecule has 69 heavy (non-hydrogen) atoms. The Kier molecular flexibility index (Phi) is 21.8. The van der Waals surface area contributed by atoms with Gasteiger partial charge in [0.1, 0.15) is 29.6 Å². The Morgan fingerprint density at radius 2 is 0.870 bits per heavy atom. The van der Waals surface area contributed by atoms with Crippen molar-refractivity contribution in [2.75, 3.05) is 26.2 Å². The van der Waals surface area contributed by atoms with Crippen LogP contribution >= 0.6 is 0 Å². The van der Waals surface area contributed by atoms with E-state index in [-0.39, 0.29) is 50.3 Å². The second kappa shape index (κ2) is 27.8. The summed E-state index contributed by atoms with van der Waals surface area (Å²) < 4.78 is 0. The molecule has 8 amide bonds. The molecule has 0 aliphatic rings. The lowest BCUT2D eigenvalue weighted by Crippen LogP contribution is -2.54. The first-order chi connectivity index (χ1) is 33.0. The summed E-state index contributed by atoms with van der Waals surface area (Å²) >= 11 is 0. The van der Waals surface area contributed by atoms with Gasteiger partial charge < -0.3 is 58.9 Å². The molecule has 0 fully saturated rings. The minimum atomic E-state index is -1.05. The summed E-state index contributed by atoms with van der Waals surface area (Å²) in [5, 5.41) is 39.7. The van der Waals surface area contributed by atoms with Crippen molar-refractivity contribution >= 4 is 47.3 Å². The molecule has 14 N–H and O–H groups in total. The molecule has 4 rings (SSSR count). The Bertz CT molecular complexity index is 2340. The van der Waals surface area contributed by atoms with Gasteiger partial charge in [0.25, 0.3) is 0 Å². The van der Waals surface area contributed by atoms with Crippen LogP contribution in [0.2, 0.25) is 0 Å². The minimum absolute atomic E-state index is 0.0676. The molecular formula is C49H62N10O10. The SMILES string of the molecule is C[C@@H](NC(=O)[C@@H](N)Cc1ccc(O)cc1)C(=O)NCC(=O)NC(=O)[C@H](Cc1ccccc1)NCCCNC(=O)[C@H](Cc1ccccc1)NC(=O)CNC(=O)[C@@H](C)NC(=O)[C@@H](N)Cc1ccc(O)cc1. The maximum absolute atomic E-state index is 13.5. The number of phenols is 2. The van der Waals surface area contributed by atoms with Crippen LogP contribution in [0.1, 0.15) is 42.5 Å². The minimum Gasteiger partial charge on any atom is -0.508 e. The molecule has 0 aliphatic carbocycles. The predicted octanol–water partition coefficient (Wildman–Crippen LogP) is -1.14.